The zero-order valence-corrected chi connectivity index (χ0v) is 15.2. The maximum absolute atomic E-state index is 14.3. The Labute approximate surface area is 162 Å². The summed E-state index contributed by atoms with van der Waals surface area (Å²) in [5.41, 5.74) is 0.415. The van der Waals surface area contributed by atoms with E-state index in [4.69, 9.17) is 11.6 Å². The normalized spacial score (nSPS) is 11.2. The summed E-state index contributed by atoms with van der Waals surface area (Å²) in [4.78, 5) is 12.4. The van der Waals surface area contributed by atoms with Crippen molar-refractivity contribution in [2.24, 2.45) is 0 Å². The van der Waals surface area contributed by atoms with Gasteiger partial charge in [-0.1, -0.05) is 17.7 Å². The molecule has 0 amide bonds. The standard InChI is InChI=1S/C18H13ClF2N6O/c1-9-23-10(8-28)5-15(24-9)25-18-11-7-27(26-16(11)14(21)6-22-18)17-12(19)3-2-4-13(17)20/h2-7,28H,8H2,1H3,(H,22,23,24,25). The van der Waals surface area contributed by atoms with E-state index in [0.29, 0.717) is 22.7 Å². The molecule has 10 heteroatoms. The molecule has 2 N–H and O–H groups in total. The summed E-state index contributed by atoms with van der Waals surface area (Å²) in [5.74, 6) is -0.184. The van der Waals surface area contributed by atoms with Crippen LogP contribution in [-0.4, -0.2) is 29.8 Å². The molecular formula is C18H13ClF2N6O. The molecule has 3 aromatic heterocycles. The Bertz CT molecular complexity index is 1180. The molecule has 7 nitrogen and oxygen atoms in total. The lowest BCUT2D eigenvalue weighted by molar-refractivity contribution is 0.276. The smallest absolute Gasteiger partial charge is 0.169 e. The summed E-state index contributed by atoms with van der Waals surface area (Å²) in [7, 11) is 0. The molecule has 0 bridgehead atoms. The molecule has 0 aliphatic rings. The van der Waals surface area contributed by atoms with Crippen molar-refractivity contribution in [1.82, 2.24) is 24.7 Å². The van der Waals surface area contributed by atoms with Crippen LogP contribution in [0.1, 0.15) is 11.5 Å². The van der Waals surface area contributed by atoms with Crippen molar-refractivity contribution in [2.45, 2.75) is 13.5 Å². The first kappa shape index (κ1) is 18.2. The number of aliphatic hydroxyl groups excluding tert-OH is 1. The van der Waals surface area contributed by atoms with Crippen LogP contribution in [0.25, 0.3) is 16.6 Å². The van der Waals surface area contributed by atoms with E-state index < -0.39 is 11.6 Å². The average Bonchev–Trinajstić information content (AvgIpc) is 3.09. The summed E-state index contributed by atoms with van der Waals surface area (Å²) in [5, 5.41) is 16.8. The molecular weight excluding hydrogens is 390 g/mol. The monoisotopic (exact) mass is 402 g/mol. The lowest BCUT2D eigenvalue weighted by Crippen LogP contribution is -2.02. The number of hydrogen-bond donors (Lipinski definition) is 2. The second-order valence-electron chi connectivity index (χ2n) is 5.94. The number of para-hydroxylation sites is 1. The van der Waals surface area contributed by atoms with Gasteiger partial charge < -0.3 is 10.4 Å². The van der Waals surface area contributed by atoms with Crippen LogP contribution in [0, 0.1) is 18.6 Å². The van der Waals surface area contributed by atoms with Crippen LogP contribution >= 0.6 is 11.6 Å². The SMILES string of the molecule is Cc1nc(CO)cc(Nc2ncc(F)c3nn(-c4c(F)cccc4Cl)cc23)n1. The fourth-order valence-corrected chi connectivity index (χ4v) is 3.04. The van der Waals surface area contributed by atoms with E-state index in [9.17, 15) is 13.9 Å². The van der Waals surface area contributed by atoms with Crippen molar-refractivity contribution in [3.8, 4) is 5.69 Å². The van der Waals surface area contributed by atoms with Crippen LogP contribution in [0.2, 0.25) is 5.02 Å². The maximum Gasteiger partial charge on any atom is 0.169 e. The Hall–Kier alpha value is -3.17. The van der Waals surface area contributed by atoms with Gasteiger partial charge in [0.15, 0.2) is 5.82 Å². The molecule has 0 aliphatic carbocycles. The van der Waals surface area contributed by atoms with Crippen LogP contribution in [0.15, 0.2) is 36.7 Å². The van der Waals surface area contributed by atoms with Gasteiger partial charge in [-0.3, -0.25) is 0 Å². The van der Waals surface area contributed by atoms with Gasteiger partial charge in [-0.25, -0.2) is 28.4 Å². The minimum absolute atomic E-state index is 0.00571. The first-order valence-electron chi connectivity index (χ1n) is 8.17. The van der Waals surface area contributed by atoms with Crippen LogP contribution in [0.5, 0.6) is 0 Å². The molecule has 4 rings (SSSR count). The van der Waals surface area contributed by atoms with Crippen LogP contribution in [0.4, 0.5) is 20.4 Å². The molecule has 0 atom stereocenters. The predicted octanol–water partition coefficient (Wildman–Crippen LogP) is 3.69. The third-order valence-corrected chi connectivity index (χ3v) is 4.27. The van der Waals surface area contributed by atoms with Crippen molar-refractivity contribution in [3.05, 3.63) is 64.8 Å². The van der Waals surface area contributed by atoms with E-state index in [1.807, 2.05) is 0 Å². The highest BCUT2D eigenvalue weighted by molar-refractivity contribution is 6.32. The van der Waals surface area contributed by atoms with Crippen LogP contribution in [-0.2, 0) is 6.61 Å². The van der Waals surface area contributed by atoms with E-state index in [0.717, 1.165) is 6.20 Å². The minimum Gasteiger partial charge on any atom is -0.390 e. The Balaban J connectivity index is 1.84. The molecule has 4 aromatic rings. The number of fused-ring (bicyclic) bond motifs is 1. The largest absolute Gasteiger partial charge is 0.390 e. The molecule has 0 saturated carbocycles. The quantitative estimate of drug-likeness (QED) is 0.541. The maximum atomic E-state index is 14.3. The number of aliphatic hydroxyl groups is 1. The fraction of sp³-hybridized carbons (Fsp3) is 0.111. The average molecular weight is 403 g/mol. The molecule has 142 valence electrons. The highest BCUT2D eigenvalue weighted by Gasteiger charge is 2.17. The van der Waals surface area contributed by atoms with Crippen LogP contribution in [0.3, 0.4) is 0 Å². The summed E-state index contributed by atoms with van der Waals surface area (Å²) < 4.78 is 29.7. The molecule has 0 radical (unpaired) electrons. The molecule has 3 heterocycles. The highest BCUT2D eigenvalue weighted by Crippen LogP contribution is 2.29. The Kier molecular flexibility index (Phi) is 4.62. The Morgan fingerprint density at radius 3 is 2.79 bits per heavy atom. The summed E-state index contributed by atoms with van der Waals surface area (Å²) in [6.07, 6.45) is 2.44. The predicted molar refractivity (Wildman–Crippen MR) is 99.8 cm³/mol. The van der Waals surface area contributed by atoms with E-state index in [1.54, 1.807) is 13.0 Å². The fourth-order valence-electron chi connectivity index (χ4n) is 2.79. The summed E-state index contributed by atoms with van der Waals surface area (Å²) in [6, 6.07) is 5.76. The van der Waals surface area contributed by atoms with Gasteiger partial charge in [-0.05, 0) is 19.1 Å². The van der Waals surface area contributed by atoms with E-state index in [1.165, 1.54) is 29.1 Å². The van der Waals surface area contributed by atoms with Gasteiger partial charge in [0.25, 0.3) is 0 Å². The number of anilines is 2. The minimum atomic E-state index is -0.665. The number of pyridine rings is 1. The molecule has 0 fully saturated rings. The molecule has 0 unspecified atom stereocenters. The van der Waals surface area contributed by atoms with Crippen molar-refractivity contribution < 1.29 is 13.9 Å². The van der Waals surface area contributed by atoms with E-state index in [-0.39, 0.29) is 28.7 Å². The van der Waals surface area contributed by atoms with Gasteiger partial charge in [0.2, 0.25) is 0 Å². The first-order valence-corrected chi connectivity index (χ1v) is 8.55. The lowest BCUT2D eigenvalue weighted by Gasteiger charge is -2.08. The van der Waals surface area contributed by atoms with Crippen molar-refractivity contribution >= 4 is 34.1 Å². The topological polar surface area (TPSA) is 88.8 Å². The number of nitrogens with one attached hydrogen (secondary N) is 1. The van der Waals surface area contributed by atoms with Gasteiger partial charge in [0.05, 0.1) is 28.9 Å². The highest BCUT2D eigenvalue weighted by atomic mass is 35.5. The van der Waals surface area contributed by atoms with Gasteiger partial charge in [0, 0.05) is 12.3 Å². The number of rotatable bonds is 4. The zero-order chi connectivity index (χ0) is 19.8. The molecule has 28 heavy (non-hydrogen) atoms. The van der Waals surface area contributed by atoms with Gasteiger partial charge in [-0.2, -0.15) is 5.10 Å². The van der Waals surface area contributed by atoms with Gasteiger partial charge in [0.1, 0.15) is 34.5 Å². The number of aromatic nitrogens is 5. The molecule has 0 aliphatic heterocycles. The second kappa shape index (κ2) is 7.10. The molecule has 0 spiro atoms. The number of nitrogens with zero attached hydrogens (tertiary/aromatic N) is 5. The Morgan fingerprint density at radius 1 is 1.21 bits per heavy atom. The van der Waals surface area contributed by atoms with E-state index in [2.05, 4.69) is 25.4 Å². The van der Waals surface area contributed by atoms with Crippen molar-refractivity contribution in [3.63, 3.8) is 0 Å². The lowest BCUT2D eigenvalue weighted by atomic mass is 10.3. The molecule has 0 saturated heterocycles. The number of hydrogen-bond acceptors (Lipinski definition) is 6. The van der Waals surface area contributed by atoms with E-state index >= 15 is 0 Å². The third-order valence-electron chi connectivity index (χ3n) is 3.97. The first-order chi connectivity index (χ1) is 13.5. The molecule has 1 aromatic carbocycles. The van der Waals surface area contributed by atoms with Crippen LogP contribution < -0.4 is 5.32 Å². The zero-order valence-electron chi connectivity index (χ0n) is 14.5. The Morgan fingerprint density at radius 2 is 2.04 bits per heavy atom. The second-order valence-corrected chi connectivity index (χ2v) is 6.34. The van der Waals surface area contributed by atoms with Gasteiger partial charge in [-0.15, -0.1) is 0 Å². The number of benzene rings is 1. The third kappa shape index (κ3) is 3.25. The summed E-state index contributed by atoms with van der Waals surface area (Å²) in [6.45, 7) is 1.42. The summed E-state index contributed by atoms with van der Waals surface area (Å²) >= 11 is 6.09. The van der Waals surface area contributed by atoms with Crippen molar-refractivity contribution in [1.29, 1.82) is 0 Å². The number of halogens is 3. The number of aryl methyl sites for hydroxylation is 1. The van der Waals surface area contributed by atoms with Gasteiger partial charge >= 0.3 is 0 Å². The van der Waals surface area contributed by atoms with Crippen molar-refractivity contribution in [2.75, 3.05) is 5.32 Å².